The van der Waals surface area contributed by atoms with Crippen LogP contribution in [0.5, 0.6) is 5.75 Å². The van der Waals surface area contributed by atoms with E-state index in [1.54, 1.807) is 39.3 Å². The minimum absolute atomic E-state index is 0.396. The highest BCUT2D eigenvalue weighted by Gasteiger charge is 2.26. The van der Waals surface area contributed by atoms with Crippen molar-refractivity contribution in [3.8, 4) is 5.75 Å². The third kappa shape index (κ3) is 4.14. The Morgan fingerprint density at radius 2 is 2.11 bits per heavy atom. The van der Waals surface area contributed by atoms with Gasteiger partial charge in [-0.2, -0.15) is 0 Å². The molecule has 5 heteroatoms. The van der Waals surface area contributed by atoms with Crippen molar-refractivity contribution in [2.45, 2.75) is 12.5 Å². The molecule has 0 aliphatic carbocycles. The summed E-state index contributed by atoms with van der Waals surface area (Å²) >= 11 is 5.96. The highest BCUT2D eigenvalue weighted by atomic mass is 35.5. The van der Waals surface area contributed by atoms with Crippen molar-refractivity contribution in [1.29, 1.82) is 0 Å². The largest absolute Gasteiger partial charge is 0.496 e. The maximum atomic E-state index is 10.5. The number of hydrogen-bond donors (Lipinski definition) is 2. The van der Waals surface area contributed by atoms with Crippen LogP contribution in [0.3, 0.4) is 0 Å². The quantitative estimate of drug-likeness (QED) is 0.744. The first-order chi connectivity index (χ1) is 8.51. The number of aliphatic hydroxyl groups is 1. The SMILES string of the molecule is COCCNCC(C)(O)c1cc(Cl)ccc1OC. The second-order valence-corrected chi connectivity index (χ2v) is 4.72. The molecule has 0 heterocycles. The number of methoxy groups -OCH3 is 2. The van der Waals surface area contributed by atoms with Crippen molar-refractivity contribution in [3.63, 3.8) is 0 Å². The van der Waals surface area contributed by atoms with Crippen LogP contribution >= 0.6 is 11.6 Å². The van der Waals surface area contributed by atoms with E-state index in [4.69, 9.17) is 21.1 Å². The minimum Gasteiger partial charge on any atom is -0.496 e. The van der Waals surface area contributed by atoms with Crippen LogP contribution in [0, 0.1) is 0 Å². The standard InChI is InChI=1S/C13H20ClNO3/c1-13(16,9-15-6-7-17-2)11-8-10(14)4-5-12(11)18-3/h4-5,8,15-16H,6-7,9H2,1-3H3. The summed E-state index contributed by atoms with van der Waals surface area (Å²) in [7, 11) is 3.21. The summed E-state index contributed by atoms with van der Waals surface area (Å²) < 4.78 is 10.2. The van der Waals surface area contributed by atoms with Gasteiger partial charge in [-0.05, 0) is 25.1 Å². The normalized spacial score (nSPS) is 14.3. The zero-order chi connectivity index (χ0) is 13.6. The zero-order valence-corrected chi connectivity index (χ0v) is 11.8. The van der Waals surface area contributed by atoms with E-state index in [9.17, 15) is 5.11 Å². The lowest BCUT2D eigenvalue weighted by Crippen LogP contribution is -2.37. The first-order valence-corrected chi connectivity index (χ1v) is 6.15. The third-order valence-electron chi connectivity index (χ3n) is 2.69. The Morgan fingerprint density at radius 1 is 1.39 bits per heavy atom. The molecule has 1 unspecified atom stereocenters. The van der Waals surface area contributed by atoms with E-state index >= 15 is 0 Å². The summed E-state index contributed by atoms with van der Waals surface area (Å²) in [6.07, 6.45) is 0. The molecule has 0 saturated heterocycles. The zero-order valence-electron chi connectivity index (χ0n) is 11.0. The maximum absolute atomic E-state index is 10.5. The second kappa shape index (κ2) is 6.95. The molecule has 4 nitrogen and oxygen atoms in total. The third-order valence-corrected chi connectivity index (χ3v) is 2.93. The van der Waals surface area contributed by atoms with Gasteiger partial charge in [0.05, 0.1) is 13.7 Å². The summed E-state index contributed by atoms with van der Waals surface area (Å²) in [5.41, 5.74) is -0.383. The van der Waals surface area contributed by atoms with Crippen molar-refractivity contribution in [2.75, 3.05) is 33.9 Å². The van der Waals surface area contributed by atoms with Crippen molar-refractivity contribution in [3.05, 3.63) is 28.8 Å². The van der Waals surface area contributed by atoms with Gasteiger partial charge in [0, 0.05) is 30.8 Å². The highest BCUT2D eigenvalue weighted by molar-refractivity contribution is 6.30. The van der Waals surface area contributed by atoms with Crippen molar-refractivity contribution >= 4 is 11.6 Å². The average Bonchev–Trinajstić information content (AvgIpc) is 2.35. The van der Waals surface area contributed by atoms with Gasteiger partial charge in [0.1, 0.15) is 11.4 Å². The fourth-order valence-corrected chi connectivity index (χ4v) is 1.87. The Bertz CT molecular complexity index is 382. The molecule has 0 spiro atoms. The van der Waals surface area contributed by atoms with Crippen molar-refractivity contribution in [2.24, 2.45) is 0 Å². The van der Waals surface area contributed by atoms with Gasteiger partial charge in [-0.1, -0.05) is 11.6 Å². The van der Waals surface area contributed by atoms with Crippen LogP contribution in [0.15, 0.2) is 18.2 Å². The van der Waals surface area contributed by atoms with Gasteiger partial charge in [-0.25, -0.2) is 0 Å². The molecule has 1 atom stereocenters. The van der Waals surface area contributed by atoms with Gasteiger partial charge in [-0.3, -0.25) is 0 Å². The second-order valence-electron chi connectivity index (χ2n) is 4.29. The van der Waals surface area contributed by atoms with E-state index in [-0.39, 0.29) is 0 Å². The molecule has 0 aromatic heterocycles. The van der Waals surface area contributed by atoms with Crippen LogP contribution in [0.4, 0.5) is 0 Å². The molecule has 18 heavy (non-hydrogen) atoms. The Balaban J connectivity index is 2.79. The molecule has 0 amide bonds. The molecule has 2 N–H and O–H groups in total. The first kappa shape index (κ1) is 15.2. The summed E-state index contributed by atoms with van der Waals surface area (Å²) in [6.45, 7) is 3.40. The summed E-state index contributed by atoms with van der Waals surface area (Å²) in [4.78, 5) is 0. The summed E-state index contributed by atoms with van der Waals surface area (Å²) in [5.74, 6) is 0.623. The Hall–Kier alpha value is -0.810. The lowest BCUT2D eigenvalue weighted by molar-refractivity contribution is 0.0525. The van der Waals surface area contributed by atoms with E-state index in [1.807, 2.05) is 0 Å². The van der Waals surface area contributed by atoms with Crippen LogP contribution < -0.4 is 10.1 Å². The number of halogens is 1. The Morgan fingerprint density at radius 3 is 2.72 bits per heavy atom. The van der Waals surface area contributed by atoms with Gasteiger partial charge < -0.3 is 19.9 Å². The molecule has 102 valence electrons. The average molecular weight is 274 g/mol. The fourth-order valence-electron chi connectivity index (χ4n) is 1.70. The smallest absolute Gasteiger partial charge is 0.125 e. The molecular weight excluding hydrogens is 254 g/mol. The van der Waals surface area contributed by atoms with Crippen LogP contribution in [0.1, 0.15) is 12.5 Å². The number of nitrogens with one attached hydrogen (secondary N) is 1. The lowest BCUT2D eigenvalue weighted by atomic mass is 9.95. The predicted molar refractivity (Wildman–Crippen MR) is 72.3 cm³/mol. The maximum Gasteiger partial charge on any atom is 0.125 e. The molecule has 1 aromatic rings. The van der Waals surface area contributed by atoms with Crippen molar-refractivity contribution < 1.29 is 14.6 Å². The fraction of sp³-hybridized carbons (Fsp3) is 0.538. The van der Waals surface area contributed by atoms with E-state index in [0.29, 0.717) is 36.0 Å². The molecule has 0 bridgehead atoms. The van der Waals surface area contributed by atoms with Gasteiger partial charge in [0.25, 0.3) is 0 Å². The van der Waals surface area contributed by atoms with Gasteiger partial charge in [0.15, 0.2) is 0 Å². The number of hydrogen-bond acceptors (Lipinski definition) is 4. The lowest BCUT2D eigenvalue weighted by Gasteiger charge is -2.26. The van der Waals surface area contributed by atoms with Crippen LogP contribution in [0.2, 0.25) is 5.02 Å². The summed E-state index contributed by atoms with van der Waals surface area (Å²) in [6, 6.07) is 5.21. The monoisotopic (exact) mass is 273 g/mol. The van der Waals surface area contributed by atoms with E-state index in [0.717, 1.165) is 0 Å². The van der Waals surface area contributed by atoms with E-state index in [1.165, 1.54) is 0 Å². The van der Waals surface area contributed by atoms with Crippen LogP contribution in [0.25, 0.3) is 0 Å². The van der Waals surface area contributed by atoms with Gasteiger partial charge in [0.2, 0.25) is 0 Å². The predicted octanol–water partition coefficient (Wildman–Crippen LogP) is 1.79. The van der Waals surface area contributed by atoms with Crippen LogP contribution in [-0.4, -0.2) is 39.0 Å². The molecule has 1 aromatic carbocycles. The minimum atomic E-state index is -1.05. The van der Waals surface area contributed by atoms with E-state index in [2.05, 4.69) is 5.32 Å². The van der Waals surface area contributed by atoms with Crippen molar-refractivity contribution in [1.82, 2.24) is 5.32 Å². The first-order valence-electron chi connectivity index (χ1n) is 5.77. The topological polar surface area (TPSA) is 50.7 Å². The molecule has 0 radical (unpaired) electrons. The van der Waals surface area contributed by atoms with Gasteiger partial charge >= 0.3 is 0 Å². The molecule has 0 saturated carbocycles. The molecule has 0 aliphatic heterocycles. The molecule has 0 fully saturated rings. The van der Waals surface area contributed by atoms with Gasteiger partial charge in [-0.15, -0.1) is 0 Å². The summed E-state index contributed by atoms with van der Waals surface area (Å²) in [5, 5.41) is 14.2. The Labute approximate surface area is 113 Å². The number of benzene rings is 1. The molecule has 1 rings (SSSR count). The van der Waals surface area contributed by atoms with E-state index < -0.39 is 5.60 Å². The number of ether oxygens (including phenoxy) is 2. The Kier molecular flexibility index (Phi) is 5.88. The van der Waals surface area contributed by atoms with Crippen LogP contribution in [-0.2, 0) is 10.3 Å². The highest BCUT2D eigenvalue weighted by Crippen LogP contribution is 2.31. The number of rotatable bonds is 7. The molecular formula is C13H20ClNO3. The molecule has 0 aliphatic rings.